The smallest absolute Gasteiger partial charge is 0.0167 e. The average Bonchev–Trinajstić information content (AvgIpc) is 2.05. The van der Waals surface area contributed by atoms with Gasteiger partial charge >= 0.3 is 0 Å². The largest absolute Gasteiger partial charge is 0.0622 e. The minimum Gasteiger partial charge on any atom is -0.0622 e. The summed E-state index contributed by atoms with van der Waals surface area (Å²) in [7, 11) is 0. The van der Waals surface area contributed by atoms with E-state index in [4.69, 9.17) is 0 Å². The Morgan fingerprint density at radius 2 is 1.45 bits per heavy atom. The lowest BCUT2D eigenvalue weighted by Crippen LogP contribution is -2.00. The number of benzene rings is 1. The van der Waals surface area contributed by atoms with Crippen LogP contribution in [0.15, 0.2) is 30.3 Å². The van der Waals surface area contributed by atoms with Crippen LogP contribution < -0.4 is 0 Å². The molecular weight excluding hydrogens is 132 g/mol. The lowest BCUT2D eigenvalue weighted by atomic mass is 9.91. The fourth-order valence-electron chi connectivity index (χ4n) is 1.14. The third-order valence-electron chi connectivity index (χ3n) is 2.33. The Morgan fingerprint density at radius 3 is 1.91 bits per heavy atom. The quantitative estimate of drug-likeness (QED) is 0.602. The summed E-state index contributed by atoms with van der Waals surface area (Å²) in [4.78, 5) is 0. The maximum absolute atomic E-state index is 2.28. The van der Waals surface area contributed by atoms with Crippen molar-refractivity contribution in [3.63, 3.8) is 0 Å². The summed E-state index contributed by atoms with van der Waals surface area (Å²) >= 11 is 0. The van der Waals surface area contributed by atoms with Crippen LogP contribution in [0.25, 0.3) is 0 Å². The van der Waals surface area contributed by atoms with Crippen LogP contribution in [0.2, 0.25) is 0 Å². The maximum atomic E-state index is 2.28. The molecule has 0 aliphatic carbocycles. The summed E-state index contributed by atoms with van der Waals surface area (Å²) in [6.45, 7) is 6.80. The van der Waals surface area contributed by atoms with Crippen molar-refractivity contribution >= 4 is 0 Å². The molecule has 11 heavy (non-hydrogen) atoms. The van der Waals surface area contributed by atoms with Crippen LogP contribution >= 0.6 is 0 Å². The summed E-state index contributed by atoms with van der Waals surface area (Å²) in [5.74, 6) is 1.41. The molecule has 0 saturated heterocycles. The molecule has 1 aromatic rings. The van der Waals surface area contributed by atoms with Crippen molar-refractivity contribution in [2.45, 2.75) is 26.7 Å². The molecule has 60 valence electrons. The average molecular weight is 148 g/mol. The lowest BCUT2D eigenvalue weighted by molar-refractivity contribution is 0.535. The molecule has 0 spiro atoms. The zero-order chi connectivity index (χ0) is 8.27. The van der Waals surface area contributed by atoms with Gasteiger partial charge in [0.15, 0.2) is 0 Å². The molecule has 0 saturated carbocycles. The highest BCUT2D eigenvalue weighted by Gasteiger charge is 2.07. The standard InChI is InChI=1S/C11H16/c1-9(2)10(3)11-7-5-4-6-8-11/h4-10H,1-3H3. The van der Waals surface area contributed by atoms with Crippen LogP contribution in [0.5, 0.6) is 0 Å². The van der Waals surface area contributed by atoms with Gasteiger partial charge in [0, 0.05) is 0 Å². The molecule has 0 fully saturated rings. The molecule has 0 aliphatic heterocycles. The predicted octanol–water partition coefficient (Wildman–Crippen LogP) is 3.45. The summed E-state index contributed by atoms with van der Waals surface area (Å²) < 4.78 is 0. The molecule has 1 rings (SSSR count). The monoisotopic (exact) mass is 148 g/mol. The van der Waals surface area contributed by atoms with E-state index in [0.717, 1.165) is 5.92 Å². The van der Waals surface area contributed by atoms with Crippen molar-refractivity contribution in [3.8, 4) is 0 Å². The van der Waals surface area contributed by atoms with Crippen molar-refractivity contribution < 1.29 is 0 Å². The molecule has 1 unspecified atom stereocenters. The first-order valence-electron chi connectivity index (χ1n) is 4.26. The number of rotatable bonds is 2. The van der Waals surface area contributed by atoms with Crippen molar-refractivity contribution in [1.82, 2.24) is 0 Å². The Balaban J connectivity index is 2.77. The van der Waals surface area contributed by atoms with Gasteiger partial charge in [-0.15, -0.1) is 0 Å². The van der Waals surface area contributed by atoms with Crippen LogP contribution in [0.4, 0.5) is 0 Å². The Morgan fingerprint density at radius 1 is 0.909 bits per heavy atom. The normalized spacial score (nSPS) is 13.5. The summed E-state index contributed by atoms with van der Waals surface area (Å²) in [5.41, 5.74) is 1.45. The molecule has 0 radical (unpaired) electrons. The summed E-state index contributed by atoms with van der Waals surface area (Å²) in [6, 6.07) is 10.7. The maximum Gasteiger partial charge on any atom is -0.0167 e. The summed E-state index contributed by atoms with van der Waals surface area (Å²) in [5, 5.41) is 0. The number of hydrogen-bond donors (Lipinski definition) is 0. The first kappa shape index (κ1) is 8.32. The summed E-state index contributed by atoms with van der Waals surface area (Å²) in [6.07, 6.45) is 0. The van der Waals surface area contributed by atoms with E-state index < -0.39 is 0 Å². The Hall–Kier alpha value is -0.780. The van der Waals surface area contributed by atoms with Gasteiger partial charge in [0.1, 0.15) is 0 Å². The third kappa shape index (κ3) is 2.07. The predicted molar refractivity (Wildman–Crippen MR) is 49.7 cm³/mol. The van der Waals surface area contributed by atoms with Crippen LogP contribution in [0.1, 0.15) is 32.3 Å². The zero-order valence-corrected chi connectivity index (χ0v) is 7.54. The SMILES string of the molecule is CC(C)C(C)c1ccccc1. The van der Waals surface area contributed by atoms with Gasteiger partial charge in [-0.3, -0.25) is 0 Å². The van der Waals surface area contributed by atoms with E-state index >= 15 is 0 Å². The first-order valence-corrected chi connectivity index (χ1v) is 4.26. The first-order chi connectivity index (χ1) is 5.22. The van der Waals surface area contributed by atoms with Gasteiger partial charge in [0.25, 0.3) is 0 Å². The molecule has 0 amide bonds. The third-order valence-corrected chi connectivity index (χ3v) is 2.33. The molecule has 1 aromatic carbocycles. The molecule has 0 aliphatic rings. The van der Waals surface area contributed by atoms with Crippen LogP contribution in [-0.2, 0) is 0 Å². The molecule has 0 nitrogen and oxygen atoms in total. The van der Waals surface area contributed by atoms with Gasteiger partial charge < -0.3 is 0 Å². The second kappa shape index (κ2) is 3.56. The highest BCUT2D eigenvalue weighted by Crippen LogP contribution is 2.22. The van der Waals surface area contributed by atoms with Crippen molar-refractivity contribution in [3.05, 3.63) is 35.9 Å². The zero-order valence-electron chi connectivity index (χ0n) is 7.54. The van der Waals surface area contributed by atoms with Gasteiger partial charge in [-0.05, 0) is 17.4 Å². The molecular formula is C11H16. The molecule has 0 bridgehead atoms. The van der Waals surface area contributed by atoms with Crippen molar-refractivity contribution in [1.29, 1.82) is 0 Å². The van der Waals surface area contributed by atoms with Crippen molar-refractivity contribution in [2.24, 2.45) is 5.92 Å². The van der Waals surface area contributed by atoms with E-state index in [1.54, 1.807) is 0 Å². The minimum atomic E-state index is 0.677. The Labute approximate surface area is 69.3 Å². The van der Waals surface area contributed by atoms with Crippen molar-refractivity contribution in [2.75, 3.05) is 0 Å². The second-order valence-corrected chi connectivity index (χ2v) is 3.44. The Bertz CT molecular complexity index is 199. The molecule has 0 aromatic heterocycles. The Kier molecular flexibility index (Phi) is 2.70. The van der Waals surface area contributed by atoms with Crippen LogP contribution in [0, 0.1) is 5.92 Å². The highest BCUT2D eigenvalue weighted by atomic mass is 14.1. The van der Waals surface area contributed by atoms with Gasteiger partial charge in [-0.25, -0.2) is 0 Å². The van der Waals surface area contributed by atoms with E-state index in [9.17, 15) is 0 Å². The molecule has 0 heteroatoms. The number of hydrogen-bond acceptors (Lipinski definition) is 0. The van der Waals surface area contributed by atoms with Gasteiger partial charge in [0.2, 0.25) is 0 Å². The topological polar surface area (TPSA) is 0 Å². The van der Waals surface area contributed by atoms with Gasteiger partial charge in [0.05, 0.1) is 0 Å². The molecule has 0 N–H and O–H groups in total. The van der Waals surface area contributed by atoms with E-state index in [0.29, 0.717) is 5.92 Å². The van der Waals surface area contributed by atoms with E-state index in [1.807, 2.05) is 0 Å². The fourth-order valence-corrected chi connectivity index (χ4v) is 1.14. The van der Waals surface area contributed by atoms with Crippen LogP contribution in [-0.4, -0.2) is 0 Å². The van der Waals surface area contributed by atoms with Crippen LogP contribution in [0.3, 0.4) is 0 Å². The lowest BCUT2D eigenvalue weighted by Gasteiger charge is -2.15. The molecule has 0 heterocycles. The minimum absolute atomic E-state index is 0.677. The fraction of sp³-hybridized carbons (Fsp3) is 0.455. The second-order valence-electron chi connectivity index (χ2n) is 3.44. The van der Waals surface area contributed by atoms with Gasteiger partial charge in [-0.2, -0.15) is 0 Å². The van der Waals surface area contributed by atoms with E-state index in [1.165, 1.54) is 5.56 Å². The van der Waals surface area contributed by atoms with E-state index in [2.05, 4.69) is 51.1 Å². The van der Waals surface area contributed by atoms with Gasteiger partial charge in [-0.1, -0.05) is 51.1 Å². The molecule has 1 atom stereocenters. The van der Waals surface area contributed by atoms with E-state index in [-0.39, 0.29) is 0 Å². The highest BCUT2D eigenvalue weighted by molar-refractivity contribution is 5.18.